The molecule has 30 heavy (non-hydrogen) atoms. The number of hydrogen-bond donors (Lipinski definition) is 0. The van der Waals surface area contributed by atoms with Gasteiger partial charge in [0.25, 0.3) is 0 Å². The van der Waals surface area contributed by atoms with Crippen molar-refractivity contribution in [2.75, 3.05) is 7.11 Å². The number of aryl methyl sites for hydroxylation is 3. The molecule has 0 aliphatic carbocycles. The van der Waals surface area contributed by atoms with Gasteiger partial charge in [0, 0.05) is 34.9 Å². The molecule has 0 fully saturated rings. The van der Waals surface area contributed by atoms with Crippen LogP contribution in [-0.2, 0) is 6.54 Å². The van der Waals surface area contributed by atoms with Crippen LogP contribution in [0, 0.1) is 20.8 Å². The highest BCUT2D eigenvalue weighted by Gasteiger charge is 2.16. The number of methoxy groups -OCH3 is 1. The van der Waals surface area contributed by atoms with Gasteiger partial charge in [-0.2, -0.15) is 10.1 Å². The molecule has 0 amide bonds. The molecule has 9 nitrogen and oxygen atoms in total. The number of ether oxygens (including phenoxy) is 1. The van der Waals surface area contributed by atoms with Crippen molar-refractivity contribution in [1.29, 1.82) is 0 Å². The Hall–Kier alpha value is -3.88. The van der Waals surface area contributed by atoms with Crippen molar-refractivity contribution in [3.63, 3.8) is 0 Å². The molecule has 0 aliphatic heterocycles. The lowest BCUT2D eigenvalue weighted by atomic mass is 10.1. The van der Waals surface area contributed by atoms with Gasteiger partial charge in [-0.15, -0.1) is 0 Å². The van der Waals surface area contributed by atoms with Crippen LogP contribution in [0.1, 0.15) is 23.0 Å². The van der Waals surface area contributed by atoms with E-state index in [2.05, 4.69) is 40.7 Å². The zero-order valence-corrected chi connectivity index (χ0v) is 17.2. The molecule has 0 N–H and O–H groups in total. The standard InChI is InChI=1S/C21H20N8O/c1-12-7-13(2)26-18(25-12)10-28-14(3)27-20-17(28)8-15(9-22-20)16-5-6-29-19(16)21(30-4)23-11-24-29/h5-9,11H,10H2,1-4H3. The first-order chi connectivity index (χ1) is 14.5. The molecule has 0 aliphatic rings. The molecule has 0 saturated heterocycles. The number of imidazole rings is 1. The largest absolute Gasteiger partial charge is 0.479 e. The molecule has 0 aromatic carbocycles. The lowest BCUT2D eigenvalue weighted by Crippen LogP contribution is -2.07. The highest BCUT2D eigenvalue weighted by molar-refractivity contribution is 5.87. The van der Waals surface area contributed by atoms with Crippen LogP contribution in [0.5, 0.6) is 5.88 Å². The van der Waals surface area contributed by atoms with Crippen LogP contribution >= 0.6 is 0 Å². The summed E-state index contributed by atoms with van der Waals surface area (Å²) in [6, 6.07) is 6.03. The maximum absolute atomic E-state index is 5.44. The fourth-order valence-corrected chi connectivity index (χ4v) is 3.79. The molecule has 0 bridgehead atoms. The van der Waals surface area contributed by atoms with Crippen molar-refractivity contribution >= 4 is 16.7 Å². The van der Waals surface area contributed by atoms with Crippen LogP contribution in [-0.4, -0.2) is 46.2 Å². The Balaban J connectivity index is 1.66. The fourth-order valence-electron chi connectivity index (χ4n) is 3.79. The normalized spacial score (nSPS) is 11.5. The first-order valence-electron chi connectivity index (χ1n) is 9.54. The van der Waals surface area contributed by atoms with Gasteiger partial charge in [0.05, 0.1) is 19.2 Å². The molecule has 9 heteroatoms. The average Bonchev–Trinajstić information content (AvgIpc) is 3.28. The summed E-state index contributed by atoms with van der Waals surface area (Å²) < 4.78 is 9.27. The van der Waals surface area contributed by atoms with Gasteiger partial charge in [0.15, 0.2) is 5.65 Å². The third kappa shape index (κ3) is 2.95. The smallest absolute Gasteiger partial charge is 0.241 e. The maximum Gasteiger partial charge on any atom is 0.241 e. The van der Waals surface area contributed by atoms with Gasteiger partial charge in [-0.05, 0) is 39.0 Å². The van der Waals surface area contributed by atoms with Crippen molar-refractivity contribution < 1.29 is 4.74 Å². The van der Waals surface area contributed by atoms with Crippen molar-refractivity contribution in [3.8, 4) is 17.0 Å². The Kier molecular flexibility index (Phi) is 4.16. The fraction of sp³-hybridized carbons (Fsp3) is 0.238. The number of rotatable bonds is 4. The molecule has 0 unspecified atom stereocenters. The maximum atomic E-state index is 5.44. The van der Waals surface area contributed by atoms with Crippen molar-refractivity contribution in [2.24, 2.45) is 0 Å². The summed E-state index contributed by atoms with van der Waals surface area (Å²) >= 11 is 0. The zero-order valence-electron chi connectivity index (χ0n) is 17.2. The second-order valence-electron chi connectivity index (χ2n) is 7.17. The van der Waals surface area contributed by atoms with Crippen LogP contribution < -0.4 is 4.74 Å². The summed E-state index contributed by atoms with van der Waals surface area (Å²) in [5, 5.41) is 4.26. The molecule has 150 valence electrons. The van der Waals surface area contributed by atoms with Gasteiger partial charge >= 0.3 is 0 Å². The Labute approximate surface area is 172 Å². The van der Waals surface area contributed by atoms with E-state index in [-0.39, 0.29) is 0 Å². The van der Waals surface area contributed by atoms with Gasteiger partial charge in [-0.25, -0.2) is 24.5 Å². The minimum absolute atomic E-state index is 0.512. The van der Waals surface area contributed by atoms with Crippen molar-refractivity contribution in [1.82, 2.24) is 39.1 Å². The molecule has 0 saturated carbocycles. The van der Waals surface area contributed by atoms with E-state index in [1.807, 2.05) is 45.3 Å². The van der Waals surface area contributed by atoms with Crippen LogP contribution in [0.25, 0.3) is 27.8 Å². The monoisotopic (exact) mass is 400 g/mol. The van der Waals surface area contributed by atoms with E-state index in [0.29, 0.717) is 18.1 Å². The molecule has 5 rings (SSSR count). The lowest BCUT2D eigenvalue weighted by Gasteiger charge is -2.08. The Morgan fingerprint density at radius 2 is 1.80 bits per heavy atom. The van der Waals surface area contributed by atoms with Crippen LogP contribution in [0.15, 0.2) is 36.9 Å². The highest BCUT2D eigenvalue weighted by atomic mass is 16.5. The van der Waals surface area contributed by atoms with E-state index in [4.69, 9.17) is 4.74 Å². The number of fused-ring (bicyclic) bond motifs is 2. The zero-order chi connectivity index (χ0) is 20.8. The third-order valence-electron chi connectivity index (χ3n) is 5.05. The predicted octanol–water partition coefficient (Wildman–Crippen LogP) is 2.91. The SMILES string of the molecule is COc1ncnn2ccc(-c3cnc4nc(C)n(Cc5nc(C)cc(C)n5)c4c3)c12. The predicted molar refractivity (Wildman–Crippen MR) is 111 cm³/mol. The summed E-state index contributed by atoms with van der Waals surface area (Å²) in [6.07, 6.45) is 5.17. The Morgan fingerprint density at radius 3 is 2.57 bits per heavy atom. The summed E-state index contributed by atoms with van der Waals surface area (Å²) in [6.45, 7) is 6.45. The first-order valence-corrected chi connectivity index (χ1v) is 9.54. The van der Waals surface area contributed by atoms with E-state index >= 15 is 0 Å². The summed E-state index contributed by atoms with van der Waals surface area (Å²) in [4.78, 5) is 22.6. The molecule has 0 radical (unpaired) electrons. The summed E-state index contributed by atoms with van der Waals surface area (Å²) in [5.41, 5.74) is 6.17. The van der Waals surface area contributed by atoms with Crippen LogP contribution in [0.2, 0.25) is 0 Å². The van der Waals surface area contributed by atoms with Crippen molar-refractivity contribution in [3.05, 3.63) is 60.0 Å². The number of pyridine rings is 1. The van der Waals surface area contributed by atoms with Crippen LogP contribution in [0.3, 0.4) is 0 Å². The van der Waals surface area contributed by atoms with Crippen LogP contribution in [0.4, 0.5) is 0 Å². The molecule has 5 aromatic rings. The van der Waals surface area contributed by atoms with E-state index in [1.165, 1.54) is 6.33 Å². The first kappa shape index (κ1) is 18.2. The minimum atomic E-state index is 0.512. The topological polar surface area (TPSA) is 95.9 Å². The quantitative estimate of drug-likeness (QED) is 0.458. The van der Waals surface area contributed by atoms with Gasteiger partial charge in [0.1, 0.15) is 23.5 Å². The Bertz CT molecular complexity index is 1380. The van der Waals surface area contributed by atoms with Gasteiger partial charge in [-0.1, -0.05) is 0 Å². The highest BCUT2D eigenvalue weighted by Crippen LogP contribution is 2.31. The Morgan fingerprint density at radius 1 is 1.00 bits per heavy atom. The number of hydrogen-bond acceptors (Lipinski definition) is 7. The molecular weight excluding hydrogens is 380 g/mol. The minimum Gasteiger partial charge on any atom is -0.479 e. The van der Waals surface area contributed by atoms with Gasteiger partial charge in [0.2, 0.25) is 5.88 Å². The molecular formula is C21H20N8O. The lowest BCUT2D eigenvalue weighted by molar-refractivity contribution is 0.399. The molecule has 0 atom stereocenters. The van der Waals surface area contributed by atoms with Crippen molar-refractivity contribution in [2.45, 2.75) is 27.3 Å². The van der Waals surface area contributed by atoms with E-state index in [0.717, 1.165) is 45.2 Å². The number of nitrogens with zero attached hydrogens (tertiary/aromatic N) is 8. The van der Waals surface area contributed by atoms with E-state index in [9.17, 15) is 0 Å². The summed E-state index contributed by atoms with van der Waals surface area (Å²) in [7, 11) is 1.60. The van der Waals surface area contributed by atoms with Gasteiger partial charge < -0.3 is 9.30 Å². The van der Waals surface area contributed by atoms with E-state index < -0.39 is 0 Å². The van der Waals surface area contributed by atoms with E-state index in [1.54, 1.807) is 11.6 Å². The molecule has 0 spiro atoms. The molecule has 5 aromatic heterocycles. The van der Waals surface area contributed by atoms with Gasteiger partial charge in [-0.3, -0.25) is 0 Å². The molecule has 5 heterocycles. The second-order valence-corrected chi connectivity index (χ2v) is 7.17. The summed E-state index contributed by atoms with van der Waals surface area (Å²) in [5.74, 6) is 2.13. The second kappa shape index (κ2) is 6.87. The average molecular weight is 400 g/mol. The number of aromatic nitrogens is 8. The third-order valence-corrected chi connectivity index (χ3v) is 5.05.